The van der Waals surface area contributed by atoms with E-state index in [2.05, 4.69) is 49.4 Å². The summed E-state index contributed by atoms with van der Waals surface area (Å²) in [5.74, 6) is 0. The van der Waals surface area contributed by atoms with Gasteiger partial charge in [-0.2, -0.15) is 0 Å². The normalized spacial score (nSPS) is 12.7. The molecule has 1 atom stereocenters. The summed E-state index contributed by atoms with van der Waals surface area (Å²) in [4.78, 5) is 1.04. The van der Waals surface area contributed by atoms with E-state index >= 15 is 0 Å². The highest BCUT2D eigenvalue weighted by molar-refractivity contribution is 7.19. The van der Waals surface area contributed by atoms with E-state index < -0.39 is 6.10 Å². The summed E-state index contributed by atoms with van der Waals surface area (Å²) >= 11 is 1.68. The Bertz CT molecular complexity index is 649. The van der Waals surface area contributed by atoms with Crippen LogP contribution in [-0.4, -0.2) is 5.11 Å². The highest BCUT2D eigenvalue weighted by atomic mass is 32.1. The minimum absolute atomic E-state index is 0.417. The van der Waals surface area contributed by atoms with Crippen LogP contribution in [0.5, 0.6) is 0 Å². The Labute approximate surface area is 117 Å². The number of rotatable bonds is 3. The van der Waals surface area contributed by atoms with Gasteiger partial charge in [0.1, 0.15) is 0 Å². The van der Waals surface area contributed by atoms with E-state index in [1.165, 1.54) is 21.2 Å². The van der Waals surface area contributed by atoms with E-state index in [1.54, 1.807) is 11.3 Å². The molecule has 3 aromatic rings. The summed E-state index contributed by atoms with van der Waals surface area (Å²) in [6, 6.07) is 18.7. The van der Waals surface area contributed by atoms with Crippen molar-refractivity contribution in [2.24, 2.45) is 0 Å². The average molecular weight is 268 g/mol. The van der Waals surface area contributed by atoms with Gasteiger partial charge in [-0.1, -0.05) is 48.0 Å². The monoisotopic (exact) mass is 268 g/mol. The second-order valence-electron chi connectivity index (χ2n) is 4.89. The van der Waals surface area contributed by atoms with E-state index in [0.29, 0.717) is 6.42 Å². The molecule has 96 valence electrons. The van der Waals surface area contributed by atoms with Gasteiger partial charge in [0, 0.05) is 16.0 Å². The molecule has 0 saturated carbocycles. The number of thiophene rings is 1. The lowest BCUT2D eigenvalue weighted by atomic mass is 10.1. The Morgan fingerprint density at radius 3 is 2.53 bits per heavy atom. The molecule has 2 heteroatoms. The number of fused-ring (bicyclic) bond motifs is 1. The van der Waals surface area contributed by atoms with E-state index in [1.807, 2.05) is 12.1 Å². The minimum Gasteiger partial charge on any atom is -0.387 e. The van der Waals surface area contributed by atoms with Crippen molar-refractivity contribution in [1.82, 2.24) is 0 Å². The van der Waals surface area contributed by atoms with Crippen LogP contribution in [0.4, 0.5) is 0 Å². The SMILES string of the molecule is Cc1ccc(CC(O)c2cc3ccccc3s2)cc1. The number of aryl methyl sites for hydroxylation is 1. The van der Waals surface area contributed by atoms with Gasteiger partial charge in [0.25, 0.3) is 0 Å². The molecule has 2 aromatic carbocycles. The predicted octanol–water partition coefficient (Wildman–Crippen LogP) is 4.49. The summed E-state index contributed by atoms with van der Waals surface area (Å²) in [5, 5.41) is 11.6. The van der Waals surface area contributed by atoms with Crippen molar-refractivity contribution in [3.63, 3.8) is 0 Å². The second-order valence-corrected chi connectivity index (χ2v) is 6.01. The van der Waals surface area contributed by atoms with E-state index in [9.17, 15) is 5.11 Å². The summed E-state index contributed by atoms with van der Waals surface area (Å²) < 4.78 is 1.24. The fraction of sp³-hybridized carbons (Fsp3) is 0.176. The predicted molar refractivity (Wildman–Crippen MR) is 81.7 cm³/mol. The van der Waals surface area contributed by atoms with Crippen LogP contribution >= 0.6 is 11.3 Å². The summed E-state index contributed by atoms with van der Waals surface area (Å²) in [6.45, 7) is 2.08. The smallest absolute Gasteiger partial charge is 0.0922 e. The maximum Gasteiger partial charge on any atom is 0.0922 e. The van der Waals surface area contributed by atoms with Gasteiger partial charge < -0.3 is 5.11 Å². The molecule has 0 aliphatic heterocycles. The molecule has 0 aliphatic carbocycles. The molecule has 0 aliphatic rings. The first-order chi connectivity index (χ1) is 9.22. The van der Waals surface area contributed by atoms with Crippen molar-refractivity contribution in [1.29, 1.82) is 0 Å². The fourth-order valence-corrected chi connectivity index (χ4v) is 3.27. The maximum absolute atomic E-state index is 10.4. The van der Waals surface area contributed by atoms with Crippen LogP contribution in [0.1, 0.15) is 22.1 Å². The van der Waals surface area contributed by atoms with Gasteiger partial charge in [-0.3, -0.25) is 0 Å². The second kappa shape index (κ2) is 5.16. The highest BCUT2D eigenvalue weighted by Crippen LogP contribution is 2.31. The third kappa shape index (κ3) is 2.70. The van der Waals surface area contributed by atoms with Gasteiger partial charge in [0.2, 0.25) is 0 Å². The lowest BCUT2D eigenvalue weighted by molar-refractivity contribution is 0.182. The van der Waals surface area contributed by atoms with Crippen molar-refractivity contribution in [2.45, 2.75) is 19.4 Å². The Kier molecular flexibility index (Phi) is 3.36. The maximum atomic E-state index is 10.4. The molecule has 1 N–H and O–H groups in total. The average Bonchev–Trinajstić information content (AvgIpc) is 2.85. The number of hydrogen-bond donors (Lipinski definition) is 1. The number of hydrogen-bond acceptors (Lipinski definition) is 2. The van der Waals surface area contributed by atoms with E-state index in [0.717, 1.165) is 4.88 Å². The Morgan fingerprint density at radius 1 is 1.05 bits per heavy atom. The van der Waals surface area contributed by atoms with Crippen molar-refractivity contribution in [3.8, 4) is 0 Å². The quantitative estimate of drug-likeness (QED) is 0.742. The third-order valence-corrected chi connectivity index (χ3v) is 4.54. The summed E-state index contributed by atoms with van der Waals surface area (Å²) in [6.07, 6.45) is 0.257. The van der Waals surface area contributed by atoms with Gasteiger partial charge in [-0.25, -0.2) is 0 Å². The zero-order chi connectivity index (χ0) is 13.2. The first-order valence-electron chi connectivity index (χ1n) is 6.44. The van der Waals surface area contributed by atoms with Crippen LogP contribution < -0.4 is 0 Å². The van der Waals surface area contributed by atoms with Crippen LogP contribution in [0.15, 0.2) is 54.6 Å². The zero-order valence-corrected chi connectivity index (χ0v) is 11.7. The van der Waals surface area contributed by atoms with Gasteiger partial charge in [-0.15, -0.1) is 11.3 Å². The zero-order valence-electron chi connectivity index (χ0n) is 10.8. The number of aliphatic hydroxyl groups is 1. The fourth-order valence-electron chi connectivity index (χ4n) is 2.21. The van der Waals surface area contributed by atoms with Gasteiger partial charge in [0.05, 0.1) is 6.10 Å². The minimum atomic E-state index is -0.417. The van der Waals surface area contributed by atoms with Crippen molar-refractivity contribution in [3.05, 3.63) is 70.6 Å². The molecule has 0 saturated heterocycles. The van der Waals surface area contributed by atoms with Crippen LogP contribution in [0, 0.1) is 6.92 Å². The van der Waals surface area contributed by atoms with Crippen LogP contribution in [0.2, 0.25) is 0 Å². The first-order valence-corrected chi connectivity index (χ1v) is 7.26. The molecule has 1 unspecified atom stereocenters. The largest absolute Gasteiger partial charge is 0.387 e. The lowest BCUT2D eigenvalue weighted by Gasteiger charge is -2.08. The van der Waals surface area contributed by atoms with Crippen molar-refractivity contribution >= 4 is 21.4 Å². The van der Waals surface area contributed by atoms with Crippen LogP contribution in [-0.2, 0) is 6.42 Å². The molecule has 0 bridgehead atoms. The third-order valence-electron chi connectivity index (χ3n) is 3.32. The molecular weight excluding hydrogens is 252 g/mol. The van der Waals surface area contributed by atoms with E-state index in [-0.39, 0.29) is 0 Å². The molecule has 0 fully saturated rings. The molecule has 3 rings (SSSR count). The standard InChI is InChI=1S/C17H16OS/c1-12-6-8-13(9-7-12)10-15(18)17-11-14-4-2-3-5-16(14)19-17/h2-9,11,15,18H,10H2,1H3. The Morgan fingerprint density at radius 2 is 1.79 bits per heavy atom. The molecule has 1 heterocycles. The number of benzene rings is 2. The molecule has 0 radical (unpaired) electrons. The van der Waals surface area contributed by atoms with E-state index in [4.69, 9.17) is 0 Å². The van der Waals surface area contributed by atoms with Gasteiger partial charge in [-0.05, 0) is 30.0 Å². The lowest BCUT2D eigenvalue weighted by Crippen LogP contribution is -1.99. The molecule has 1 aromatic heterocycles. The van der Waals surface area contributed by atoms with Crippen molar-refractivity contribution in [2.75, 3.05) is 0 Å². The molecule has 19 heavy (non-hydrogen) atoms. The highest BCUT2D eigenvalue weighted by Gasteiger charge is 2.12. The first kappa shape index (κ1) is 12.4. The Balaban J connectivity index is 1.83. The van der Waals surface area contributed by atoms with Crippen LogP contribution in [0.3, 0.4) is 0 Å². The molecule has 0 amide bonds. The molecular formula is C17H16OS. The summed E-state index contributed by atoms with van der Waals surface area (Å²) in [7, 11) is 0. The van der Waals surface area contributed by atoms with Crippen molar-refractivity contribution < 1.29 is 5.11 Å². The topological polar surface area (TPSA) is 20.2 Å². The van der Waals surface area contributed by atoms with Crippen LogP contribution in [0.25, 0.3) is 10.1 Å². The Hall–Kier alpha value is -1.64. The number of aliphatic hydroxyl groups excluding tert-OH is 1. The van der Waals surface area contributed by atoms with Gasteiger partial charge >= 0.3 is 0 Å². The molecule has 0 spiro atoms. The molecule has 1 nitrogen and oxygen atoms in total. The summed E-state index contributed by atoms with van der Waals surface area (Å²) in [5.41, 5.74) is 2.43. The van der Waals surface area contributed by atoms with Gasteiger partial charge in [0.15, 0.2) is 0 Å².